The number of anilines is 1. The van der Waals surface area contributed by atoms with Crippen LogP contribution in [0.1, 0.15) is 11.3 Å². The molecule has 20 heavy (non-hydrogen) atoms. The zero-order chi connectivity index (χ0) is 14.5. The molecule has 1 aromatic heterocycles. The molecule has 1 amide bonds. The van der Waals surface area contributed by atoms with E-state index < -0.39 is 0 Å². The van der Waals surface area contributed by atoms with Crippen LogP contribution in [0.15, 0.2) is 40.9 Å². The first-order chi connectivity index (χ1) is 9.58. The van der Waals surface area contributed by atoms with Gasteiger partial charge in [-0.15, -0.1) is 0 Å². The van der Waals surface area contributed by atoms with Crippen molar-refractivity contribution in [2.24, 2.45) is 0 Å². The molecule has 0 spiro atoms. The van der Waals surface area contributed by atoms with Gasteiger partial charge in [0.1, 0.15) is 11.6 Å². The molecule has 1 aromatic carbocycles. The molecule has 0 aliphatic heterocycles. The summed E-state index contributed by atoms with van der Waals surface area (Å²) in [6, 6.07) is 11.1. The molecule has 1 N–H and O–H groups in total. The van der Waals surface area contributed by atoms with Gasteiger partial charge in [0.25, 0.3) is 0 Å². The number of halogens is 1. The molecule has 1 heterocycles. The lowest BCUT2D eigenvalue weighted by Gasteiger charge is -2.07. The molecule has 0 radical (unpaired) electrons. The van der Waals surface area contributed by atoms with Gasteiger partial charge in [-0.1, -0.05) is 12.1 Å². The molecule has 0 fully saturated rings. The van der Waals surface area contributed by atoms with Gasteiger partial charge in [0.15, 0.2) is 0 Å². The number of nitrogens with one attached hydrogen (secondary N) is 1. The van der Waals surface area contributed by atoms with E-state index in [2.05, 4.69) is 26.2 Å². The molecule has 0 bridgehead atoms. The number of hydrogen-bond acceptors (Lipinski definition) is 3. The summed E-state index contributed by atoms with van der Waals surface area (Å²) < 4.78 is 6.00. The Hall–Kier alpha value is -1.88. The van der Waals surface area contributed by atoms with E-state index in [1.54, 1.807) is 13.2 Å². The highest BCUT2D eigenvalue weighted by Gasteiger charge is 2.06. The van der Waals surface area contributed by atoms with Gasteiger partial charge < -0.3 is 10.1 Å². The second kappa shape index (κ2) is 6.52. The molecular formula is C15H15BrN2O2. The molecule has 0 saturated carbocycles. The van der Waals surface area contributed by atoms with Crippen molar-refractivity contribution in [3.05, 3.63) is 52.1 Å². The van der Waals surface area contributed by atoms with E-state index in [1.165, 1.54) is 0 Å². The minimum Gasteiger partial charge on any atom is -0.497 e. The highest BCUT2D eigenvalue weighted by atomic mass is 79.9. The average Bonchev–Trinajstić information content (AvgIpc) is 2.44. The number of hydrogen-bond donors (Lipinski definition) is 1. The van der Waals surface area contributed by atoms with Gasteiger partial charge in [0.2, 0.25) is 5.91 Å². The van der Waals surface area contributed by atoms with Crippen LogP contribution in [0.4, 0.5) is 5.82 Å². The molecule has 0 saturated heterocycles. The van der Waals surface area contributed by atoms with Gasteiger partial charge in [-0.05, 0) is 52.7 Å². The van der Waals surface area contributed by atoms with Gasteiger partial charge in [-0.3, -0.25) is 4.79 Å². The molecule has 0 aliphatic carbocycles. The molecule has 0 aliphatic rings. The van der Waals surface area contributed by atoms with Gasteiger partial charge in [0, 0.05) is 4.47 Å². The third kappa shape index (κ3) is 3.81. The number of aryl methyl sites for hydroxylation is 1. The van der Waals surface area contributed by atoms with Crippen LogP contribution in [0, 0.1) is 6.92 Å². The first-order valence-electron chi connectivity index (χ1n) is 6.14. The molecule has 2 aromatic rings. The fraction of sp³-hybridized carbons (Fsp3) is 0.200. The molecule has 0 atom stereocenters. The lowest BCUT2D eigenvalue weighted by atomic mass is 10.1. The van der Waals surface area contributed by atoms with Gasteiger partial charge in [0.05, 0.1) is 19.2 Å². The number of carbonyl (C=O) groups excluding carboxylic acids is 1. The Morgan fingerprint density at radius 1 is 1.25 bits per heavy atom. The summed E-state index contributed by atoms with van der Waals surface area (Å²) in [4.78, 5) is 16.2. The molecular weight excluding hydrogens is 320 g/mol. The Balaban J connectivity index is 1.99. The first kappa shape index (κ1) is 14.5. The topological polar surface area (TPSA) is 51.2 Å². The monoisotopic (exact) mass is 334 g/mol. The second-order valence-corrected chi connectivity index (χ2v) is 5.19. The average molecular weight is 335 g/mol. The van der Waals surface area contributed by atoms with Crippen LogP contribution < -0.4 is 10.1 Å². The number of ether oxygens (including phenoxy) is 1. The Bertz CT molecular complexity index is 612. The van der Waals surface area contributed by atoms with Crippen LogP contribution in [-0.4, -0.2) is 18.0 Å². The molecule has 4 nitrogen and oxygen atoms in total. The van der Waals surface area contributed by atoms with Crippen LogP contribution in [0.25, 0.3) is 0 Å². The van der Waals surface area contributed by atoms with Crippen LogP contribution in [0.5, 0.6) is 5.75 Å². The molecule has 2 rings (SSSR count). The van der Waals surface area contributed by atoms with E-state index in [9.17, 15) is 4.79 Å². The molecule has 5 heteroatoms. The third-order valence-electron chi connectivity index (χ3n) is 2.81. The Morgan fingerprint density at radius 3 is 2.55 bits per heavy atom. The maximum absolute atomic E-state index is 11.9. The van der Waals surface area contributed by atoms with Crippen molar-refractivity contribution >= 4 is 27.7 Å². The summed E-state index contributed by atoms with van der Waals surface area (Å²) in [7, 11) is 1.61. The maximum Gasteiger partial charge on any atom is 0.229 e. The Labute approximate surface area is 126 Å². The Kier molecular flexibility index (Phi) is 4.74. The first-order valence-corrected chi connectivity index (χ1v) is 6.93. The predicted octanol–water partition coefficient (Wildman–Crippen LogP) is 3.34. The molecule has 104 valence electrons. The number of benzene rings is 1. The number of rotatable bonds is 4. The van der Waals surface area contributed by atoms with Gasteiger partial charge in [-0.2, -0.15) is 0 Å². The highest BCUT2D eigenvalue weighted by molar-refractivity contribution is 9.10. The van der Waals surface area contributed by atoms with Crippen molar-refractivity contribution in [2.45, 2.75) is 13.3 Å². The minimum atomic E-state index is -0.0932. The zero-order valence-corrected chi connectivity index (χ0v) is 12.9. The van der Waals surface area contributed by atoms with E-state index in [4.69, 9.17) is 4.74 Å². The van der Waals surface area contributed by atoms with Crippen molar-refractivity contribution in [2.75, 3.05) is 12.4 Å². The van der Waals surface area contributed by atoms with E-state index in [1.807, 2.05) is 37.3 Å². The third-order valence-corrected chi connectivity index (χ3v) is 3.65. The number of methoxy groups -OCH3 is 1. The fourth-order valence-corrected chi connectivity index (χ4v) is 1.95. The van der Waals surface area contributed by atoms with Crippen molar-refractivity contribution in [3.63, 3.8) is 0 Å². The number of amides is 1. The van der Waals surface area contributed by atoms with Crippen molar-refractivity contribution in [1.29, 1.82) is 0 Å². The summed E-state index contributed by atoms with van der Waals surface area (Å²) in [5.41, 5.74) is 1.77. The van der Waals surface area contributed by atoms with Gasteiger partial charge >= 0.3 is 0 Å². The van der Waals surface area contributed by atoms with Crippen molar-refractivity contribution in [1.82, 2.24) is 4.98 Å². The summed E-state index contributed by atoms with van der Waals surface area (Å²) in [6.45, 7) is 1.88. The Morgan fingerprint density at radius 2 is 1.95 bits per heavy atom. The number of pyridine rings is 1. The van der Waals surface area contributed by atoms with E-state index >= 15 is 0 Å². The van der Waals surface area contributed by atoms with Crippen LogP contribution >= 0.6 is 15.9 Å². The number of carbonyl (C=O) groups is 1. The fourth-order valence-electron chi connectivity index (χ4n) is 1.73. The largest absolute Gasteiger partial charge is 0.497 e. The number of aromatic nitrogens is 1. The van der Waals surface area contributed by atoms with Crippen molar-refractivity contribution < 1.29 is 9.53 Å². The lowest BCUT2D eigenvalue weighted by Crippen LogP contribution is -2.15. The van der Waals surface area contributed by atoms with E-state index in [0.29, 0.717) is 12.2 Å². The minimum absolute atomic E-state index is 0.0932. The SMILES string of the molecule is COc1ccc(CC(=O)Nc2ccc(Br)c(C)n2)cc1. The summed E-state index contributed by atoms with van der Waals surface area (Å²) in [5.74, 6) is 1.24. The van der Waals surface area contributed by atoms with Gasteiger partial charge in [-0.25, -0.2) is 4.98 Å². The van der Waals surface area contributed by atoms with Crippen molar-refractivity contribution in [3.8, 4) is 5.75 Å². The normalized spacial score (nSPS) is 10.2. The maximum atomic E-state index is 11.9. The summed E-state index contributed by atoms with van der Waals surface area (Å²) in [6.07, 6.45) is 0.306. The van der Waals surface area contributed by atoms with Crippen LogP contribution in [-0.2, 0) is 11.2 Å². The summed E-state index contributed by atoms with van der Waals surface area (Å²) >= 11 is 3.38. The second-order valence-electron chi connectivity index (χ2n) is 4.34. The van der Waals surface area contributed by atoms with Crippen LogP contribution in [0.3, 0.4) is 0 Å². The molecule has 0 unspecified atom stereocenters. The standard InChI is InChI=1S/C15H15BrN2O2/c1-10-13(16)7-8-14(17-10)18-15(19)9-11-3-5-12(20-2)6-4-11/h3-8H,9H2,1-2H3,(H,17,18,19). The summed E-state index contributed by atoms with van der Waals surface area (Å²) in [5, 5.41) is 2.78. The lowest BCUT2D eigenvalue weighted by molar-refractivity contribution is -0.115. The van der Waals surface area contributed by atoms with E-state index in [-0.39, 0.29) is 5.91 Å². The zero-order valence-electron chi connectivity index (χ0n) is 11.3. The smallest absolute Gasteiger partial charge is 0.229 e. The van der Waals surface area contributed by atoms with Crippen LogP contribution in [0.2, 0.25) is 0 Å². The van der Waals surface area contributed by atoms with E-state index in [0.717, 1.165) is 21.5 Å². The number of nitrogens with zero attached hydrogens (tertiary/aromatic N) is 1. The predicted molar refractivity (Wildman–Crippen MR) is 82.0 cm³/mol. The quantitative estimate of drug-likeness (QED) is 0.932. The highest BCUT2D eigenvalue weighted by Crippen LogP contribution is 2.16.